The highest BCUT2D eigenvalue weighted by Crippen LogP contribution is 2.17. The van der Waals surface area contributed by atoms with Crippen LogP contribution in [0.3, 0.4) is 0 Å². The molecule has 0 aliphatic carbocycles. The zero-order valence-corrected chi connectivity index (χ0v) is 25.1. The van der Waals surface area contributed by atoms with E-state index in [2.05, 4.69) is 55.8 Å². The predicted octanol–water partition coefficient (Wildman–Crippen LogP) is 4.25. The van der Waals surface area contributed by atoms with Gasteiger partial charge in [-0.3, -0.25) is 9.59 Å². The molecule has 0 N–H and O–H groups in total. The molecule has 8 heteroatoms. The van der Waals surface area contributed by atoms with Crippen molar-refractivity contribution < 1.29 is 18.6 Å². The molecule has 0 aromatic carbocycles. The molecule has 2 heterocycles. The molecule has 2 saturated heterocycles. The van der Waals surface area contributed by atoms with Crippen LogP contribution in [0.5, 0.6) is 0 Å². The largest absolute Gasteiger partial charge is 0.331 e. The second-order valence-electron chi connectivity index (χ2n) is 11.0. The van der Waals surface area contributed by atoms with Crippen LogP contribution in [-0.4, -0.2) is 121 Å². The van der Waals surface area contributed by atoms with Crippen LogP contribution in [0.1, 0.15) is 64.2 Å². The van der Waals surface area contributed by atoms with Gasteiger partial charge in [-0.1, -0.05) is 57.5 Å². The molecule has 0 radical (unpaired) electrons. The van der Waals surface area contributed by atoms with Crippen molar-refractivity contribution >= 4 is 43.7 Å². The molecule has 2 amide bonds. The highest BCUT2D eigenvalue weighted by atomic mass is 79.9. The summed E-state index contributed by atoms with van der Waals surface area (Å²) in [5, 5.41) is 1.54. The van der Waals surface area contributed by atoms with E-state index in [-0.39, 0.29) is 0 Å². The van der Waals surface area contributed by atoms with E-state index in [1.165, 1.54) is 64.5 Å². The van der Waals surface area contributed by atoms with Gasteiger partial charge >= 0.3 is 0 Å². The van der Waals surface area contributed by atoms with Gasteiger partial charge in [0.05, 0.1) is 79.5 Å². The maximum absolute atomic E-state index is 12.1. The molecule has 2 aliphatic rings. The first-order valence-corrected chi connectivity index (χ1v) is 15.9. The normalized spacial score (nSPS) is 19.9. The van der Waals surface area contributed by atoms with E-state index in [0.717, 1.165) is 72.0 Å². The average Bonchev–Trinajstić information content (AvgIpc) is 2.81. The van der Waals surface area contributed by atoms with Crippen molar-refractivity contribution in [3.05, 3.63) is 0 Å². The number of carbonyl (C=O) groups is 2. The lowest BCUT2D eigenvalue weighted by molar-refractivity contribution is -0.913. The summed E-state index contributed by atoms with van der Waals surface area (Å²) >= 11 is 6.75. The Morgan fingerprint density at radius 3 is 1.18 bits per heavy atom. The van der Waals surface area contributed by atoms with Crippen LogP contribution >= 0.6 is 31.9 Å². The molecule has 0 bridgehead atoms. The van der Waals surface area contributed by atoms with Gasteiger partial charge in [-0.05, 0) is 25.7 Å². The summed E-state index contributed by atoms with van der Waals surface area (Å²) in [6.07, 6.45) is 12.0. The van der Waals surface area contributed by atoms with Crippen LogP contribution in [0, 0.1) is 0 Å². The molecule has 0 aromatic heterocycles. The summed E-state index contributed by atoms with van der Waals surface area (Å²) in [5.74, 6) is 0.609. The Balaban J connectivity index is 1.43. The van der Waals surface area contributed by atoms with Crippen LogP contribution in [-0.2, 0) is 9.59 Å². The van der Waals surface area contributed by atoms with Gasteiger partial charge < -0.3 is 18.8 Å². The van der Waals surface area contributed by atoms with E-state index in [0.29, 0.717) is 24.7 Å². The Bertz CT molecular complexity index is 552. The fourth-order valence-corrected chi connectivity index (χ4v) is 6.05. The summed E-state index contributed by atoms with van der Waals surface area (Å²) in [5.41, 5.74) is 0. The van der Waals surface area contributed by atoms with E-state index in [1.54, 1.807) is 0 Å². The topological polar surface area (TPSA) is 40.6 Å². The summed E-state index contributed by atoms with van der Waals surface area (Å²) in [4.78, 5) is 28.2. The zero-order valence-electron chi connectivity index (χ0n) is 21.9. The average molecular weight is 611 g/mol. The minimum atomic E-state index is 0.305. The van der Waals surface area contributed by atoms with E-state index in [9.17, 15) is 9.59 Å². The summed E-state index contributed by atoms with van der Waals surface area (Å²) in [6, 6.07) is 0. The number of piperazine rings is 2. The van der Waals surface area contributed by atoms with Crippen LogP contribution in [0.2, 0.25) is 0 Å². The van der Waals surface area contributed by atoms with Crippen molar-refractivity contribution in [1.29, 1.82) is 0 Å². The number of amides is 2. The van der Waals surface area contributed by atoms with E-state index < -0.39 is 0 Å². The molecule has 6 nitrogen and oxygen atoms in total. The first kappa shape index (κ1) is 30.0. The van der Waals surface area contributed by atoms with Crippen LogP contribution in [0.4, 0.5) is 0 Å². The second-order valence-corrected chi connectivity index (χ2v) is 12.6. The van der Waals surface area contributed by atoms with Gasteiger partial charge in [-0.25, -0.2) is 0 Å². The van der Waals surface area contributed by atoms with Gasteiger partial charge in [0.15, 0.2) is 0 Å². The summed E-state index contributed by atoms with van der Waals surface area (Å²) < 4.78 is 2.27. The first-order valence-electron chi connectivity index (χ1n) is 13.7. The lowest BCUT2D eigenvalue weighted by Gasteiger charge is -2.42. The molecule has 34 heavy (non-hydrogen) atoms. The van der Waals surface area contributed by atoms with Crippen LogP contribution < -0.4 is 0 Å². The minimum absolute atomic E-state index is 0.305. The van der Waals surface area contributed by atoms with Crippen molar-refractivity contribution in [2.45, 2.75) is 64.2 Å². The third-order valence-corrected chi connectivity index (χ3v) is 8.90. The number of unbranched alkanes of at least 4 members (excludes halogenated alkanes) is 7. The van der Waals surface area contributed by atoms with E-state index >= 15 is 0 Å². The maximum Gasteiger partial charge on any atom is 0.223 e. The van der Waals surface area contributed by atoms with Gasteiger partial charge in [0, 0.05) is 23.5 Å². The van der Waals surface area contributed by atoms with Gasteiger partial charge in [0.25, 0.3) is 0 Å². The van der Waals surface area contributed by atoms with Crippen molar-refractivity contribution in [3.8, 4) is 0 Å². The highest BCUT2D eigenvalue weighted by molar-refractivity contribution is 9.09. The molecule has 0 spiro atoms. The Kier molecular flexibility index (Phi) is 14.0. The zero-order chi connectivity index (χ0) is 24.9. The van der Waals surface area contributed by atoms with Gasteiger partial charge in [0.1, 0.15) is 0 Å². The molecule has 2 rings (SSSR count). The van der Waals surface area contributed by atoms with E-state index in [1.807, 2.05) is 0 Å². The van der Waals surface area contributed by atoms with Crippen LogP contribution in [0.15, 0.2) is 0 Å². The number of likely N-dealkylation sites (N-methyl/N-ethyl adjacent to an activating group) is 2. The third-order valence-electron chi connectivity index (χ3n) is 8.11. The number of alkyl halides is 2. The molecule has 0 aromatic rings. The fourth-order valence-electron chi connectivity index (χ4n) is 5.37. The smallest absolute Gasteiger partial charge is 0.223 e. The molecule has 198 valence electrons. The highest BCUT2D eigenvalue weighted by Gasteiger charge is 2.31. The van der Waals surface area contributed by atoms with Gasteiger partial charge in [0.2, 0.25) is 11.8 Å². The number of quaternary nitrogens is 2. The number of hydrogen-bond donors (Lipinski definition) is 0. The Morgan fingerprint density at radius 1 is 0.588 bits per heavy atom. The molecule has 2 aliphatic heterocycles. The second kappa shape index (κ2) is 15.8. The number of halogens is 2. The molecular formula is C26H50Br2N4O2+2. The first-order chi connectivity index (χ1) is 16.3. The molecular weight excluding hydrogens is 560 g/mol. The number of hydrogen-bond acceptors (Lipinski definition) is 2. The Morgan fingerprint density at radius 2 is 0.882 bits per heavy atom. The molecule has 2 fully saturated rings. The Hall–Kier alpha value is -0.180. The molecule has 0 saturated carbocycles. The fraction of sp³-hybridized carbons (Fsp3) is 0.923. The number of carbonyl (C=O) groups excluding carboxylic acids is 2. The van der Waals surface area contributed by atoms with Crippen molar-refractivity contribution in [2.75, 3.05) is 90.2 Å². The summed E-state index contributed by atoms with van der Waals surface area (Å²) in [6.45, 7) is 10.6. The lowest BCUT2D eigenvalue weighted by atomic mass is 10.1. The van der Waals surface area contributed by atoms with Crippen molar-refractivity contribution in [2.24, 2.45) is 0 Å². The number of rotatable bonds is 15. The third kappa shape index (κ3) is 10.8. The molecule has 0 unspecified atom stereocenters. The van der Waals surface area contributed by atoms with Crippen molar-refractivity contribution in [1.82, 2.24) is 9.80 Å². The van der Waals surface area contributed by atoms with Gasteiger partial charge in [-0.15, -0.1) is 0 Å². The van der Waals surface area contributed by atoms with Crippen LogP contribution in [0.25, 0.3) is 0 Å². The predicted molar refractivity (Wildman–Crippen MR) is 148 cm³/mol. The summed E-state index contributed by atoms with van der Waals surface area (Å²) in [7, 11) is 4.74. The monoisotopic (exact) mass is 608 g/mol. The SMILES string of the molecule is C[N+]1(CCCCCCCCCC[N+]2(C)CCN(C(=O)CCBr)CC2)CCN(C(=O)CCBr)CC1. The lowest BCUT2D eigenvalue weighted by Crippen LogP contribution is -2.58. The van der Waals surface area contributed by atoms with Gasteiger partial charge in [-0.2, -0.15) is 0 Å². The minimum Gasteiger partial charge on any atom is -0.331 e. The van der Waals surface area contributed by atoms with Crippen molar-refractivity contribution in [3.63, 3.8) is 0 Å². The Labute approximate surface area is 225 Å². The molecule has 0 atom stereocenters. The standard InChI is InChI=1S/C26H50Br2N4O2/c1-31(21-15-29(16-22-31)25(33)11-13-27)19-9-7-5-3-4-6-8-10-20-32(2)23-17-30(18-24-32)26(34)12-14-28/h3-24H2,1-2H3/q+2. The quantitative estimate of drug-likeness (QED) is 0.158. The number of nitrogens with zero attached hydrogens (tertiary/aromatic N) is 4. The van der Waals surface area contributed by atoms with E-state index in [4.69, 9.17) is 0 Å². The maximum atomic E-state index is 12.1.